The van der Waals surface area contributed by atoms with E-state index < -0.39 is 9.84 Å². The molecule has 3 rings (SSSR count). The van der Waals surface area contributed by atoms with E-state index in [9.17, 15) is 8.42 Å². The molecule has 1 saturated heterocycles. The highest BCUT2D eigenvalue weighted by Gasteiger charge is 2.29. The van der Waals surface area contributed by atoms with Crippen molar-refractivity contribution in [1.82, 2.24) is 9.97 Å². The molecule has 1 fully saturated rings. The Bertz CT molecular complexity index is 761. The zero-order valence-corrected chi connectivity index (χ0v) is 13.7. The van der Waals surface area contributed by atoms with E-state index in [0.29, 0.717) is 11.6 Å². The van der Waals surface area contributed by atoms with E-state index in [-0.39, 0.29) is 16.8 Å². The van der Waals surface area contributed by atoms with Crippen LogP contribution >= 0.6 is 11.8 Å². The van der Waals surface area contributed by atoms with Crippen molar-refractivity contribution < 1.29 is 13.2 Å². The van der Waals surface area contributed by atoms with E-state index in [4.69, 9.17) is 4.74 Å². The predicted molar refractivity (Wildman–Crippen MR) is 86.9 cm³/mol. The molecular formula is C15H16N2O3S2. The molecule has 22 heavy (non-hydrogen) atoms. The maximum absolute atomic E-state index is 11.5. The molecule has 0 amide bonds. The summed E-state index contributed by atoms with van der Waals surface area (Å²) in [7, 11) is -1.25. The second-order valence-corrected chi connectivity index (χ2v) is 8.59. The molecule has 2 aromatic rings. The van der Waals surface area contributed by atoms with Gasteiger partial charge in [0.25, 0.3) is 0 Å². The van der Waals surface area contributed by atoms with Crippen molar-refractivity contribution >= 4 is 21.6 Å². The van der Waals surface area contributed by atoms with Gasteiger partial charge in [0.15, 0.2) is 15.0 Å². The quantitative estimate of drug-likeness (QED) is 0.799. The van der Waals surface area contributed by atoms with E-state index in [2.05, 4.69) is 9.97 Å². The lowest BCUT2D eigenvalue weighted by Gasteiger charge is -2.07. The SMILES string of the molecule is COc1ccc(-c2ccnc(SC3CCS(=O)(=O)C3)n2)cc1. The summed E-state index contributed by atoms with van der Waals surface area (Å²) in [6, 6.07) is 9.49. The molecule has 0 bridgehead atoms. The third-order valence-corrected chi connectivity index (χ3v) is 6.60. The summed E-state index contributed by atoms with van der Waals surface area (Å²) in [6.07, 6.45) is 2.38. The van der Waals surface area contributed by atoms with E-state index in [1.165, 1.54) is 11.8 Å². The number of hydrogen-bond acceptors (Lipinski definition) is 6. The van der Waals surface area contributed by atoms with Crippen molar-refractivity contribution in [2.75, 3.05) is 18.6 Å². The Morgan fingerprint density at radius 3 is 2.64 bits per heavy atom. The second kappa shape index (κ2) is 6.26. The number of sulfone groups is 1. The Hall–Kier alpha value is -1.60. The van der Waals surface area contributed by atoms with Crippen LogP contribution in [0.3, 0.4) is 0 Å². The number of rotatable bonds is 4. The number of thioether (sulfide) groups is 1. The van der Waals surface area contributed by atoms with Crippen molar-refractivity contribution in [2.24, 2.45) is 0 Å². The van der Waals surface area contributed by atoms with Crippen molar-refractivity contribution in [3.8, 4) is 17.0 Å². The predicted octanol–water partition coefficient (Wildman–Crippen LogP) is 2.43. The number of methoxy groups -OCH3 is 1. The molecule has 1 unspecified atom stereocenters. The van der Waals surface area contributed by atoms with Crippen LogP contribution in [-0.2, 0) is 9.84 Å². The highest BCUT2D eigenvalue weighted by atomic mass is 32.2. The first-order valence-corrected chi connectivity index (χ1v) is 9.60. The van der Waals surface area contributed by atoms with Gasteiger partial charge in [-0.2, -0.15) is 0 Å². The molecule has 1 atom stereocenters. The zero-order valence-electron chi connectivity index (χ0n) is 12.1. The Kier molecular flexibility index (Phi) is 4.35. The van der Waals surface area contributed by atoms with Gasteiger partial charge in [-0.25, -0.2) is 18.4 Å². The van der Waals surface area contributed by atoms with Gasteiger partial charge in [-0.05, 0) is 36.8 Å². The number of ether oxygens (including phenoxy) is 1. The van der Waals surface area contributed by atoms with Gasteiger partial charge in [0.05, 0.1) is 24.3 Å². The fraction of sp³-hybridized carbons (Fsp3) is 0.333. The topological polar surface area (TPSA) is 69.2 Å². The molecule has 1 aliphatic heterocycles. The number of nitrogens with zero attached hydrogens (tertiary/aromatic N) is 2. The van der Waals surface area contributed by atoms with E-state index in [1.54, 1.807) is 13.3 Å². The van der Waals surface area contributed by atoms with Gasteiger partial charge in [-0.3, -0.25) is 0 Å². The van der Waals surface area contributed by atoms with Crippen LogP contribution in [0.2, 0.25) is 0 Å². The number of benzene rings is 1. The van der Waals surface area contributed by atoms with E-state index >= 15 is 0 Å². The fourth-order valence-electron chi connectivity index (χ4n) is 2.32. The van der Waals surface area contributed by atoms with Crippen molar-refractivity contribution in [3.05, 3.63) is 36.5 Å². The summed E-state index contributed by atoms with van der Waals surface area (Å²) in [4.78, 5) is 8.77. The van der Waals surface area contributed by atoms with Gasteiger partial charge in [0.2, 0.25) is 0 Å². The first-order valence-electron chi connectivity index (χ1n) is 6.90. The minimum absolute atomic E-state index is 0.0520. The monoisotopic (exact) mass is 336 g/mol. The molecule has 1 aliphatic rings. The summed E-state index contributed by atoms with van der Waals surface area (Å²) < 4.78 is 28.2. The third kappa shape index (κ3) is 3.59. The zero-order chi connectivity index (χ0) is 15.6. The summed E-state index contributed by atoms with van der Waals surface area (Å²) in [6.45, 7) is 0. The van der Waals surface area contributed by atoms with Crippen LogP contribution < -0.4 is 4.74 Å². The summed E-state index contributed by atoms with van der Waals surface area (Å²) in [5.41, 5.74) is 1.80. The summed E-state index contributed by atoms with van der Waals surface area (Å²) >= 11 is 1.44. The molecule has 0 radical (unpaired) electrons. The Balaban J connectivity index is 1.77. The number of aromatic nitrogens is 2. The standard InChI is InChI=1S/C15H16N2O3S2/c1-20-12-4-2-11(3-5-12)14-6-8-16-15(17-14)21-13-7-9-22(18,19)10-13/h2-6,8,13H,7,9-10H2,1H3. The largest absolute Gasteiger partial charge is 0.497 e. The molecule has 5 nitrogen and oxygen atoms in total. The van der Waals surface area contributed by atoms with Crippen LogP contribution in [0.5, 0.6) is 5.75 Å². The van der Waals surface area contributed by atoms with Gasteiger partial charge >= 0.3 is 0 Å². The maximum Gasteiger partial charge on any atom is 0.188 e. The Morgan fingerprint density at radius 2 is 2.00 bits per heavy atom. The number of hydrogen-bond donors (Lipinski definition) is 0. The van der Waals surface area contributed by atoms with Crippen LogP contribution in [0, 0.1) is 0 Å². The lowest BCUT2D eigenvalue weighted by Crippen LogP contribution is -2.07. The highest BCUT2D eigenvalue weighted by molar-refractivity contribution is 8.01. The lowest BCUT2D eigenvalue weighted by molar-refractivity contribution is 0.415. The van der Waals surface area contributed by atoms with Gasteiger partial charge in [0.1, 0.15) is 5.75 Å². The van der Waals surface area contributed by atoms with Crippen LogP contribution in [0.15, 0.2) is 41.7 Å². The van der Waals surface area contributed by atoms with Gasteiger partial charge < -0.3 is 4.74 Å². The minimum atomic E-state index is -2.88. The molecule has 1 aromatic carbocycles. The first kappa shape index (κ1) is 15.3. The summed E-state index contributed by atoms with van der Waals surface area (Å²) in [5.74, 6) is 1.28. The van der Waals surface area contributed by atoms with Gasteiger partial charge in [0, 0.05) is 17.0 Å². The second-order valence-electron chi connectivity index (χ2n) is 5.10. The lowest BCUT2D eigenvalue weighted by atomic mass is 10.1. The maximum atomic E-state index is 11.5. The molecule has 7 heteroatoms. The van der Waals surface area contributed by atoms with Crippen LogP contribution in [0.1, 0.15) is 6.42 Å². The molecule has 2 heterocycles. The highest BCUT2D eigenvalue weighted by Crippen LogP contribution is 2.30. The molecular weight excluding hydrogens is 320 g/mol. The average Bonchev–Trinajstić information content (AvgIpc) is 2.86. The van der Waals surface area contributed by atoms with Crippen LogP contribution in [-0.4, -0.2) is 42.3 Å². The molecule has 0 aliphatic carbocycles. The average molecular weight is 336 g/mol. The molecule has 1 aromatic heterocycles. The Morgan fingerprint density at radius 1 is 1.23 bits per heavy atom. The fourth-order valence-corrected chi connectivity index (χ4v) is 5.72. The van der Waals surface area contributed by atoms with Crippen molar-refractivity contribution in [1.29, 1.82) is 0 Å². The molecule has 0 saturated carbocycles. The third-order valence-electron chi connectivity index (χ3n) is 3.48. The van der Waals surface area contributed by atoms with Gasteiger partial charge in [-0.1, -0.05) is 11.8 Å². The van der Waals surface area contributed by atoms with Crippen LogP contribution in [0.25, 0.3) is 11.3 Å². The molecule has 116 valence electrons. The van der Waals surface area contributed by atoms with Gasteiger partial charge in [-0.15, -0.1) is 0 Å². The molecule has 0 spiro atoms. The van der Waals surface area contributed by atoms with Crippen molar-refractivity contribution in [3.63, 3.8) is 0 Å². The molecule has 0 N–H and O–H groups in total. The van der Waals surface area contributed by atoms with E-state index in [0.717, 1.165) is 17.0 Å². The van der Waals surface area contributed by atoms with Crippen molar-refractivity contribution in [2.45, 2.75) is 16.8 Å². The first-order chi connectivity index (χ1) is 10.6. The van der Waals surface area contributed by atoms with E-state index in [1.807, 2.05) is 30.3 Å². The Labute approximate surface area is 134 Å². The van der Waals surface area contributed by atoms with Crippen LogP contribution in [0.4, 0.5) is 0 Å². The summed E-state index contributed by atoms with van der Waals surface area (Å²) in [5, 5.41) is 0.673. The smallest absolute Gasteiger partial charge is 0.188 e. The normalized spacial score (nSPS) is 20.0. The minimum Gasteiger partial charge on any atom is -0.497 e.